The van der Waals surface area contributed by atoms with Gasteiger partial charge in [-0.05, 0) is 43.4 Å². The van der Waals surface area contributed by atoms with Crippen molar-refractivity contribution in [2.75, 3.05) is 33.3 Å². The van der Waals surface area contributed by atoms with Gasteiger partial charge in [0.25, 0.3) is 0 Å². The number of hydrogen-bond acceptors (Lipinski definition) is 5. The number of rotatable bonds is 9. The molecular formula is C25H38N4O2. The summed E-state index contributed by atoms with van der Waals surface area (Å²) in [6, 6.07) is 9.21. The van der Waals surface area contributed by atoms with Gasteiger partial charge in [0, 0.05) is 32.1 Å². The van der Waals surface area contributed by atoms with E-state index in [0.29, 0.717) is 25.0 Å². The molecule has 2 aliphatic heterocycles. The first kappa shape index (κ1) is 22.0. The van der Waals surface area contributed by atoms with Crippen LogP contribution in [0.1, 0.15) is 57.4 Å². The number of nitrogens with zero attached hydrogens (tertiary/aromatic N) is 3. The van der Waals surface area contributed by atoms with Gasteiger partial charge in [0.15, 0.2) is 5.96 Å². The minimum absolute atomic E-state index is 0.204. The molecule has 1 aliphatic carbocycles. The van der Waals surface area contributed by atoms with Crippen LogP contribution >= 0.6 is 0 Å². The highest BCUT2D eigenvalue weighted by molar-refractivity contribution is 5.84. The van der Waals surface area contributed by atoms with Gasteiger partial charge in [-0.3, -0.25) is 9.79 Å². The van der Waals surface area contributed by atoms with Crippen molar-refractivity contribution in [1.82, 2.24) is 15.1 Å². The van der Waals surface area contributed by atoms with Crippen LogP contribution in [0.2, 0.25) is 0 Å². The number of hydrogen-bond donors (Lipinski definition) is 1. The Hall–Kier alpha value is -2.24. The Bertz CT molecular complexity index is 757. The van der Waals surface area contributed by atoms with E-state index in [1.807, 2.05) is 12.1 Å². The van der Waals surface area contributed by atoms with Gasteiger partial charge in [-0.15, -0.1) is 0 Å². The van der Waals surface area contributed by atoms with Crippen molar-refractivity contribution in [2.45, 2.75) is 70.4 Å². The fraction of sp³-hybridized carbons (Fsp3) is 0.680. The highest BCUT2D eigenvalue weighted by atomic mass is 16.5. The standard InChI is InChI=1S/C25H38N4O2/c1-19-17-27-25-28(15-14-26-24(30)13-10-20-6-4-3-5-7-20)22(18-29(19)25)16-21-8-11-23(31-2)12-9-21/h8-9,11-12,19-20,22H,3-7,10,13-18H2,1-2H3,(H,26,30)/t19-,22+/m1/s1. The predicted octanol–water partition coefficient (Wildman–Crippen LogP) is 3.46. The largest absolute Gasteiger partial charge is 0.497 e. The smallest absolute Gasteiger partial charge is 0.220 e. The molecule has 1 amide bonds. The zero-order chi connectivity index (χ0) is 21.6. The molecule has 31 heavy (non-hydrogen) atoms. The first-order valence-electron chi connectivity index (χ1n) is 12.1. The third-order valence-electron chi connectivity index (χ3n) is 7.20. The van der Waals surface area contributed by atoms with Crippen LogP contribution < -0.4 is 10.1 Å². The Labute approximate surface area is 187 Å². The second kappa shape index (κ2) is 10.4. The molecule has 0 radical (unpaired) electrons. The number of fused-ring (bicyclic) bond motifs is 1. The summed E-state index contributed by atoms with van der Waals surface area (Å²) < 4.78 is 5.29. The molecule has 0 spiro atoms. The zero-order valence-electron chi connectivity index (χ0n) is 19.2. The van der Waals surface area contributed by atoms with Crippen molar-refractivity contribution >= 4 is 11.9 Å². The molecule has 2 atom stereocenters. The van der Waals surface area contributed by atoms with E-state index in [0.717, 1.165) is 50.1 Å². The van der Waals surface area contributed by atoms with E-state index in [2.05, 4.69) is 34.2 Å². The van der Waals surface area contributed by atoms with Crippen molar-refractivity contribution in [3.05, 3.63) is 29.8 Å². The number of benzene rings is 1. The lowest BCUT2D eigenvalue weighted by molar-refractivity contribution is -0.121. The lowest BCUT2D eigenvalue weighted by Gasteiger charge is -2.25. The van der Waals surface area contributed by atoms with E-state index < -0.39 is 0 Å². The average Bonchev–Trinajstić information content (AvgIpc) is 3.33. The molecule has 0 aromatic heterocycles. The first-order chi connectivity index (χ1) is 15.1. The molecule has 4 rings (SSSR count). The van der Waals surface area contributed by atoms with Crippen LogP contribution in [0.15, 0.2) is 29.3 Å². The van der Waals surface area contributed by atoms with Gasteiger partial charge in [0.1, 0.15) is 5.75 Å². The molecule has 1 aromatic carbocycles. The second-order valence-electron chi connectivity index (χ2n) is 9.43. The van der Waals surface area contributed by atoms with Crippen LogP contribution in [-0.4, -0.2) is 67.0 Å². The van der Waals surface area contributed by atoms with E-state index in [1.54, 1.807) is 7.11 Å². The van der Waals surface area contributed by atoms with Crippen LogP contribution in [0.5, 0.6) is 5.75 Å². The molecule has 2 fully saturated rings. The van der Waals surface area contributed by atoms with Gasteiger partial charge in [0.2, 0.25) is 5.91 Å². The van der Waals surface area contributed by atoms with E-state index in [4.69, 9.17) is 9.73 Å². The minimum atomic E-state index is 0.204. The second-order valence-corrected chi connectivity index (χ2v) is 9.43. The van der Waals surface area contributed by atoms with Crippen molar-refractivity contribution in [2.24, 2.45) is 10.9 Å². The summed E-state index contributed by atoms with van der Waals surface area (Å²) in [5, 5.41) is 3.17. The zero-order valence-corrected chi connectivity index (χ0v) is 19.2. The Morgan fingerprint density at radius 1 is 1.19 bits per heavy atom. The van der Waals surface area contributed by atoms with E-state index >= 15 is 0 Å². The monoisotopic (exact) mass is 426 g/mol. The number of nitrogens with one attached hydrogen (secondary N) is 1. The highest BCUT2D eigenvalue weighted by Crippen LogP contribution is 2.28. The maximum atomic E-state index is 12.4. The minimum Gasteiger partial charge on any atom is -0.497 e. The topological polar surface area (TPSA) is 57.2 Å². The Morgan fingerprint density at radius 2 is 1.97 bits per heavy atom. The summed E-state index contributed by atoms with van der Waals surface area (Å²) in [6.07, 6.45) is 9.36. The lowest BCUT2D eigenvalue weighted by Crippen LogP contribution is -2.42. The molecule has 3 aliphatic rings. The average molecular weight is 427 g/mol. The molecule has 0 unspecified atom stereocenters. The third-order valence-corrected chi connectivity index (χ3v) is 7.20. The normalized spacial score (nSPS) is 23.6. The lowest BCUT2D eigenvalue weighted by atomic mass is 9.86. The van der Waals surface area contributed by atoms with E-state index in [9.17, 15) is 4.79 Å². The Morgan fingerprint density at radius 3 is 2.71 bits per heavy atom. The molecule has 6 heteroatoms. The van der Waals surface area contributed by atoms with Crippen molar-refractivity contribution in [1.29, 1.82) is 0 Å². The summed E-state index contributed by atoms with van der Waals surface area (Å²) in [7, 11) is 1.70. The summed E-state index contributed by atoms with van der Waals surface area (Å²) in [6.45, 7) is 5.62. The number of carbonyl (C=O) groups excluding carboxylic acids is 1. The number of methoxy groups -OCH3 is 1. The van der Waals surface area contributed by atoms with Crippen molar-refractivity contribution < 1.29 is 9.53 Å². The molecule has 1 saturated carbocycles. The SMILES string of the molecule is COc1ccc(C[C@H]2CN3C(=NC[C@H]3C)N2CCNC(=O)CCC2CCCCC2)cc1. The summed E-state index contributed by atoms with van der Waals surface area (Å²) in [5.41, 5.74) is 1.31. The van der Waals surface area contributed by atoms with Crippen LogP contribution in [-0.2, 0) is 11.2 Å². The molecule has 170 valence electrons. The molecule has 1 aromatic rings. The summed E-state index contributed by atoms with van der Waals surface area (Å²) >= 11 is 0. The third kappa shape index (κ3) is 5.52. The van der Waals surface area contributed by atoms with Crippen molar-refractivity contribution in [3.8, 4) is 5.75 Å². The van der Waals surface area contributed by atoms with E-state index in [1.165, 1.54) is 37.7 Å². The van der Waals surface area contributed by atoms with Crippen LogP contribution in [0.3, 0.4) is 0 Å². The summed E-state index contributed by atoms with van der Waals surface area (Å²) in [5.74, 6) is 2.97. The molecule has 6 nitrogen and oxygen atoms in total. The fourth-order valence-corrected chi connectivity index (χ4v) is 5.31. The number of guanidine groups is 1. The van der Waals surface area contributed by atoms with Gasteiger partial charge in [-0.1, -0.05) is 44.2 Å². The quantitative estimate of drug-likeness (QED) is 0.657. The van der Waals surface area contributed by atoms with Crippen LogP contribution in [0.4, 0.5) is 0 Å². The van der Waals surface area contributed by atoms with Gasteiger partial charge in [-0.2, -0.15) is 0 Å². The molecular weight excluding hydrogens is 388 g/mol. The summed E-state index contributed by atoms with van der Waals surface area (Å²) in [4.78, 5) is 22.0. The predicted molar refractivity (Wildman–Crippen MR) is 124 cm³/mol. The number of aliphatic imine (C=N–C) groups is 1. The first-order valence-corrected chi connectivity index (χ1v) is 12.1. The van der Waals surface area contributed by atoms with Crippen molar-refractivity contribution in [3.63, 3.8) is 0 Å². The van der Waals surface area contributed by atoms with Gasteiger partial charge < -0.3 is 19.9 Å². The van der Waals surface area contributed by atoms with Gasteiger partial charge in [0.05, 0.1) is 19.7 Å². The van der Waals surface area contributed by atoms with Gasteiger partial charge >= 0.3 is 0 Å². The fourth-order valence-electron chi connectivity index (χ4n) is 5.31. The Balaban J connectivity index is 1.29. The van der Waals surface area contributed by atoms with Crippen LogP contribution in [0, 0.1) is 5.92 Å². The highest BCUT2D eigenvalue weighted by Gasteiger charge is 2.40. The molecule has 1 saturated heterocycles. The molecule has 2 heterocycles. The molecule has 0 bridgehead atoms. The van der Waals surface area contributed by atoms with E-state index in [-0.39, 0.29) is 5.91 Å². The number of ether oxygens (including phenoxy) is 1. The van der Waals surface area contributed by atoms with Crippen LogP contribution in [0.25, 0.3) is 0 Å². The number of amides is 1. The van der Waals surface area contributed by atoms with Gasteiger partial charge in [-0.25, -0.2) is 0 Å². The maximum Gasteiger partial charge on any atom is 0.220 e. The molecule has 1 N–H and O–H groups in total. The Kier molecular flexibility index (Phi) is 7.36. The number of carbonyl (C=O) groups is 1. The maximum absolute atomic E-state index is 12.4.